The number of aliphatic hydroxyl groups is 1. The summed E-state index contributed by atoms with van der Waals surface area (Å²) < 4.78 is 5.32. The lowest BCUT2D eigenvalue weighted by molar-refractivity contribution is 0.0330. The Hall–Kier alpha value is -1.59. The highest BCUT2D eigenvalue weighted by atomic mass is 16.6. The number of benzene rings is 1. The summed E-state index contributed by atoms with van der Waals surface area (Å²) in [6, 6.07) is 10.3. The molecule has 122 valence electrons. The van der Waals surface area contributed by atoms with Crippen LogP contribution in [0.3, 0.4) is 0 Å². The number of rotatable bonds is 7. The van der Waals surface area contributed by atoms with Gasteiger partial charge in [-0.3, -0.25) is 0 Å². The van der Waals surface area contributed by atoms with Crippen LogP contribution in [0, 0.1) is 5.92 Å². The minimum absolute atomic E-state index is 0.166. The van der Waals surface area contributed by atoms with Gasteiger partial charge in [0.15, 0.2) is 0 Å². The van der Waals surface area contributed by atoms with E-state index in [4.69, 9.17) is 9.84 Å². The first kappa shape index (κ1) is 16.8. The van der Waals surface area contributed by atoms with Crippen LogP contribution in [0.4, 0.5) is 4.79 Å². The number of amides is 1. The van der Waals surface area contributed by atoms with Crippen molar-refractivity contribution in [3.05, 3.63) is 35.9 Å². The molecule has 5 nitrogen and oxygen atoms in total. The Morgan fingerprint density at radius 2 is 2.05 bits per heavy atom. The van der Waals surface area contributed by atoms with E-state index >= 15 is 0 Å². The Morgan fingerprint density at radius 1 is 1.36 bits per heavy atom. The first-order valence-electron chi connectivity index (χ1n) is 7.92. The molecule has 1 aliphatic heterocycles. The SMILES string of the molecule is CC(C)N[C@@H](CCO)C1CN(C(=O)OCc2ccccc2)C1. The van der Waals surface area contributed by atoms with E-state index in [9.17, 15) is 4.79 Å². The average Bonchev–Trinajstić information content (AvgIpc) is 2.44. The molecular formula is C17H26N2O3. The van der Waals surface area contributed by atoms with Crippen LogP contribution >= 0.6 is 0 Å². The standard InChI is InChI=1S/C17H26N2O3/c1-13(2)18-16(8-9-20)15-10-19(11-15)17(21)22-12-14-6-4-3-5-7-14/h3-7,13,15-16,18,20H,8-12H2,1-2H3/t16-/m0/s1. The van der Waals surface area contributed by atoms with Gasteiger partial charge in [0.25, 0.3) is 0 Å². The lowest BCUT2D eigenvalue weighted by Gasteiger charge is -2.43. The molecule has 0 aromatic heterocycles. The number of hydrogen-bond acceptors (Lipinski definition) is 4. The van der Waals surface area contributed by atoms with E-state index in [1.807, 2.05) is 30.3 Å². The van der Waals surface area contributed by atoms with Crippen LogP contribution in [0.1, 0.15) is 25.8 Å². The molecule has 1 aliphatic rings. The first-order valence-corrected chi connectivity index (χ1v) is 7.92. The second-order valence-electron chi connectivity index (χ2n) is 6.15. The summed E-state index contributed by atoms with van der Waals surface area (Å²) >= 11 is 0. The molecule has 1 aromatic rings. The van der Waals surface area contributed by atoms with Gasteiger partial charge < -0.3 is 20.1 Å². The maximum absolute atomic E-state index is 12.0. The monoisotopic (exact) mass is 306 g/mol. The van der Waals surface area contributed by atoms with E-state index in [-0.39, 0.29) is 18.7 Å². The molecule has 0 saturated carbocycles. The van der Waals surface area contributed by atoms with Gasteiger partial charge in [-0.05, 0) is 12.0 Å². The fourth-order valence-corrected chi connectivity index (χ4v) is 2.75. The number of hydrogen-bond donors (Lipinski definition) is 2. The molecule has 0 aliphatic carbocycles. The van der Waals surface area contributed by atoms with Gasteiger partial charge in [-0.15, -0.1) is 0 Å². The minimum atomic E-state index is -0.257. The molecule has 0 unspecified atom stereocenters. The zero-order valence-electron chi connectivity index (χ0n) is 13.4. The Bertz CT molecular complexity index is 458. The topological polar surface area (TPSA) is 61.8 Å². The number of nitrogens with zero attached hydrogens (tertiary/aromatic N) is 1. The third kappa shape index (κ3) is 4.71. The molecule has 1 heterocycles. The molecule has 2 rings (SSSR count). The molecule has 0 radical (unpaired) electrons. The quantitative estimate of drug-likeness (QED) is 0.809. The molecule has 22 heavy (non-hydrogen) atoms. The highest BCUT2D eigenvalue weighted by Gasteiger charge is 2.36. The van der Waals surface area contributed by atoms with E-state index in [1.54, 1.807) is 4.90 Å². The summed E-state index contributed by atoms with van der Waals surface area (Å²) in [6.07, 6.45) is 0.461. The third-order valence-electron chi connectivity index (χ3n) is 3.93. The van der Waals surface area contributed by atoms with Crippen molar-refractivity contribution in [3.63, 3.8) is 0 Å². The largest absolute Gasteiger partial charge is 0.445 e. The van der Waals surface area contributed by atoms with Gasteiger partial charge in [0.1, 0.15) is 6.61 Å². The van der Waals surface area contributed by atoms with Crippen LogP contribution in [-0.4, -0.2) is 47.9 Å². The fourth-order valence-electron chi connectivity index (χ4n) is 2.75. The predicted molar refractivity (Wildman–Crippen MR) is 85.5 cm³/mol. The Balaban J connectivity index is 1.73. The molecule has 1 amide bonds. The number of carbonyl (C=O) groups is 1. The second kappa shape index (κ2) is 8.15. The summed E-state index contributed by atoms with van der Waals surface area (Å²) in [5.41, 5.74) is 0.993. The van der Waals surface area contributed by atoms with Crippen molar-refractivity contribution in [2.24, 2.45) is 5.92 Å². The molecule has 1 aromatic carbocycles. The van der Waals surface area contributed by atoms with Crippen molar-refractivity contribution in [2.75, 3.05) is 19.7 Å². The van der Waals surface area contributed by atoms with Crippen molar-refractivity contribution < 1.29 is 14.6 Å². The zero-order chi connectivity index (χ0) is 15.9. The lowest BCUT2D eigenvalue weighted by atomic mass is 9.89. The van der Waals surface area contributed by atoms with Crippen molar-refractivity contribution in [3.8, 4) is 0 Å². The molecule has 0 bridgehead atoms. The molecular weight excluding hydrogens is 280 g/mol. The van der Waals surface area contributed by atoms with Crippen LogP contribution in [0.15, 0.2) is 30.3 Å². The molecule has 5 heteroatoms. The average molecular weight is 306 g/mol. The Kier molecular flexibility index (Phi) is 6.21. The van der Waals surface area contributed by atoms with Gasteiger partial charge in [0, 0.05) is 37.7 Å². The number of aliphatic hydroxyl groups excluding tert-OH is 1. The predicted octanol–water partition coefficient (Wildman–Crippen LogP) is 2.00. The molecule has 0 spiro atoms. The number of ether oxygens (including phenoxy) is 1. The van der Waals surface area contributed by atoms with E-state index in [0.29, 0.717) is 31.7 Å². The lowest BCUT2D eigenvalue weighted by Crippen LogP contribution is -2.58. The maximum Gasteiger partial charge on any atom is 0.410 e. The smallest absolute Gasteiger partial charge is 0.410 e. The van der Waals surface area contributed by atoms with Gasteiger partial charge in [-0.1, -0.05) is 44.2 Å². The van der Waals surface area contributed by atoms with Crippen molar-refractivity contribution in [2.45, 2.75) is 39.0 Å². The van der Waals surface area contributed by atoms with Crippen LogP contribution in [0.5, 0.6) is 0 Å². The van der Waals surface area contributed by atoms with Gasteiger partial charge in [-0.25, -0.2) is 4.79 Å². The number of carbonyl (C=O) groups excluding carboxylic acids is 1. The third-order valence-corrected chi connectivity index (χ3v) is 3.93. The molecule has 2 N–H and O–H groups in total. The van der Waals surface area contributed by atoms with Gasteiger partial charge in [0.2, 0.25) is 0 Å². The van der Waals surface area contributed by atoms with Crippen molar-refractivity contribution in [1.82, 2.24) is 10.2 Å². The minimum Gasteiger partial charge on any atom is -0.445 e. The van der Waals surface area contributed by atoms with E-state index in [2.05, 4.69) is 19.2 Å². The van der Waals surface area contributed by atoms with E-state index in [0.717, 1.165) is 12.0 Å². The van der Waals surface area contributed by atoms with Gasteiger partial charge >= 0.3 is 6.09 Å². The summed E-state index contributed by atoms with van der Waals surface area (Å²) in [7, 11) is 0. The summed E-state index contributed by atoms with van der Waals surface area (Å²) in [4.78, 5) is 13.7. The fraction of sp³-hybridized carbons (Fsp3) is 0.588. The Labute approximate surface area is 132 Å². The van der Waals surface area contributed by atoms with Gasteiger partial charge in [0.05, 0.1) is 0 Å². The Morgan fingerprint density at radius 3 is 2.64 bits per heavy atom. The van der Waals surface area contributed by atoms with Crippen molar-refractivity contribution >= 4 is 6.09 Å². The van der Waals surface area contributed by atoms with Gasteiger partial charge in [-0.2, -0.15) is 0 Å². The molecule has 1 fully saturated rings. The van der Waals surface area contributed by atoms with Crippen LogP contribution in [-0.2, 0) is 11.3 Å². The van der Waals surface area contributed by atoms with Crippen LogP contribution in [0.25, 0.3) is 0 Å². The first-order chi connectivity index (χ1) is 10.6. The normalized spacial score (nSPS) is 16.5. The van der Waals surface area contributed by atoms with Crippen LogP contribution in [0.2, 0.25) is 0 Å². The maximum atomic E-state index is 12.0. The highest BCUT2D eigenvalue weighted by molar-refractivity contribution is 5.68. The van der Waals surface area contributed by atoms with E-state index in [1.165, 1.54) is 0 Å². The van der Waals surface area contributed by atoms with E-state index < -0.39 is 0 Å². The zero-order valence-corrected chi connectivity index (χ0v) is 13.4. The molecule has 1 saturated heterocycles. The number of likely N-dealkylation sites (tertiary alicyclic amines) is 1. The summed E-state index contributed by atoms with van der Waals surface area (Å²) in [5, 5.41) is 12.6. The van der Waals surface area contributed by atoms with Crippen molar-refractivity contribution in [1.29, 1.82) is 0 Å². The summed E-state index contributed by atoms with van der Waals surface area (Å²) in [5.74, 6) is 0.388. The second-order valence-corrected chi connectivity index (χ2v) is 6.15. The van der Waals surface area contributed by atoms with Crippen LogP contribution < -0.4 is 5.32 Å². The highest BCUT2D eigenvalue weighted by Crippen LogP contribution is 2.22. The number of nitrogens with one attached hydrogen (secondary N) is 1. The molecule has 1 atom stereocenters. The summed E-state index contributed by atoms with van der Waals surface area (Å²) in [6.45, 7) is 6.05.